The first kappa shape index (κ1) is 13.2. The van der Waals surface area contributed by atoms with Crippen molar-refractivity contribution in [3.63, 3.8) is 0 Å². The molecule has 0 amide bonds. The van der Waals surface area contributed by atoms with E-state index in [9.17, 15) is 4.79 Å². The molecule has 0 fully saturated rings. The van der Waals surface area contributed by atoms with Crippen molar-refractivity contribution in [2.75, 3.05) is 19.8 Å². The predicted molar refractivity (Wildman–Crippen MR) is 56.0 cm³/mol. The summed E-state index contributed by atoms with van der Waals surface area (Å²) in [5.41, 5.74) is 0. The minimum atomic E-state index is -0.128. The van der Waals surface area contributed by atoms with Crippen molar-refractivity contribution in [2.24, 2.45) is 5.92 Å². The highest BCUT2D eigenvalue weighted by atomic mass is 16.5. The van der Waals surface area contributed by atoms with Crippen LogP contribution in [0.2, 0.25) is 0 Å². The number of hydrogen-bond acceptors (Lipinski definition) is 3. The first-order valence-electron chi connectivity index (χ1n) is 5.03. The van der Waals surface area contributed by atoms with Gasteiger partial charge in [-0.15, -0.1) is 6.58 Å². The molecule has 0 aliphatic heterocycles. The lowest BCUT2D eigenvalue weighted by atomic mass is 10.2. The van der Waals surface area contributed by atoms with Crippen molar-refractivity contribution >= 4 is 5.97 Å². The van der Waals surface area contributed by atoms with Gasteiger partial charge in [-0.3, -0.25) is 4.79 Å². The van der Waals surface area contributed by atoms with E-state index >= 15 is 0 Å². The van der Waals surface area contributed by atoms with Crippen molar-refractivity contribution < 1.29 is 14.3 Å². The van der Waals surface area contributed by atoms with Crippen LogP contribution >= 0.6 is 0 Å². The van der Waals surface area contributed by atoms with Crippen molar-refractivity contribution in [1.82, 2.24) is 0 Å². The number of carbonyl (C=O) groups is 1. The number of esters is 1. The molecule has 0 spiro atoms. The first-order chi connectivity index (χ1) is 6.68. The van der Waals surface area contributed by atoms with Gasteiger partial charge >= 0.3 is 5.97 Å². The van der Waals surface area contributed by atoms with E-state index < -0.39 is 0 Å². The zero-order valence-electron chi connectivity index (χ0n) is 9.12. The Morgan fingerprint density at radius 2 is 2.00 bits per heavy atom. The van der Waals surface area contributed by atoms with Gasteiger partial charge < -0.3 is 9.47 Å². The molecule has 0 bridgehead atoms. The van der Waals surface area contributed by atoms with Gasteiger partial charge in [0, 0.05) is 6.61 Å². The smallest absolute Gasteiger partial charge is 0.308 e. The number of rotatable bonds is 8. The summed E-state index contributed by atoms with van der Waals surface area (Å²) >= 11 is 0. The van der Waals surface area contributed by atoms with Crippen LogP contribution in [0.1, 0.15) is 26.7 Å². The Morgan fingerprint density at radius 3 is 2.57 bits per heavy atom. The van der Waals surface area contributed by atoms with Crippen LogP contribution in [0.3, 0.4) is 0 Å². The average molecular weight is 200 g/mol. The van der Waals surface area contributed by atoms with Crippen molar-refractivity contribution in [3.05, 3.63) is 12.7 Å². The van der Waals surface area contributed by atoms with Crippen LogP contribution in [0.4, 0.5) is 0 Å². The molecule has 0 aromatic rings. The summed E-state index contributed by atoms with van der Waals surface area (Å²) in [6.45, 7) is 8.98. The summed E-state index contributed by atoms with van der Waals surface area (Å²) < 4.78 is 10.2. The zero-order valence-corrected chi connectivity index (χ0v) is 9.12. The van der Waals surface area contributed by atoms with Gasteiger partial charge in [0.05, 0.1) is 19.1 Å². The van der Waals surface area contributed by atoms with Crippen LogP contribution in [-0.4, -0.2) is 25.8 Å². The second-order valence-electron chi connectivity index (χ2n) is 3.39. The first-order valence-corrected chi connectivity index (χ1v) is 5.03. The van der Waals surface area contributed by atoms with E-state index in [1.54, 1.807) is 6.08 Å². The molecule has 0 aromatic carbocycles. The molecule has 0 aromatic heterocycles. The molecule has 3 nitrogen and oxygen atoms in total. The van der Waals surface area contributed by atoms with Gasteiger partial charge in [-0.2, -0.15) is 0 Å². The maximum absolute atomic E-state index is 11.0. The normalized spacial score (nSPS) is 10.2. The Balaban J connectivity index is 3.13. The monoisotopic (exact) mass is 200 g/mol. The van der Waals surface area contributed by atoms with Crippen LogP contribution in [0.5, 0.6) is 0 Å². The van der Waals surface area contributed by atoms with Crippen LogP contribution < -0.4 is 0 Å². The second-order valence-corrected chi connectivity index (χ2v) is 3.39. The van der Waals surface area contributed by atoms with Crippen molar-refractivity contribution in [1.29, 1.82) is 0 Å². The Labute approximate surface area is 86.1 Å². The van der Waals surface area contributed by atoms with Crippen LogP contribution in [0.15, 0.2) is 12.7 Å². The molecule has 0 radical (unpaired) electrons. The van der Waals surface area contributed by atoms with Crippen LogP contribution in [0.25, 0.3) is 0 Å². The quantitative estimate of drug-likeness (QED) is 0.342. The summed E-state index contributed by atoms with van der Waals surface area (Å²) in [6.07, 6.45) is 3.49. The molecular formula is C11H20O3. The molecule has 0 unspecified atom stereocenters. The van der Waals surface area contributed by atoms with Gasteiger partial charge in [0.15, 0.2) is 0 Å². The van der Waals surface area contributed by atoms with E-state index in [2.05, 4.69) is 6.58 Å². The van der Waals surface area contributed by atoms with Crippen LogP contribution in [0, 0.1) is 5.92 Å². The Bertz CT molecular complexity index is 164. The zero-order chi connectivity index (χ0) is 10.8. The molecule has 3 heteroatoms. The van der Waals surface area contributed by atoms with E-state index in [0.29, 0.717) is 19.8 Å². The SMILES string of the molecule is C=CCOCCCCOC(=O)C(C)C. The highest BCUT2D eigenvalue weighted by Crippen LogP contribution is 1.98. The van der Waals surface area contributed by atoms with Gasteiger partial charge in [-0.1, -0.05) is 19.9 Å². The Morgan fingerprint density at radius 1 is 1.36 bits per heavy atom. The number of ether oxygens (including phenoxy) is 2. The summed E-state index contributed by atoms with van der Waals surface area (Å²) in [5, 5.41) is 0. The van der Waals surface area contributed by atoms with E-state index in [-0.39, 0.29) is 11.9 Å². The Kier molecular flexibility index (Phi) is 8.24. The number of hydrogen-bond donors (Lipinski definition) is 0. The molecular weight excluding hydrogens is 180 g/mol. The Hall–Kier alpha value is -0.830. The standard InChI is InChI=1S/C11H20O3/c1-4-7-13-8-5-6-9-14-11(12)10(2)3/h4,10H,1,5-9H2,2-3H3. The third-order valence-corrected chi connectivity index (χ3v) is 1.63. The van der Waals surface area contributed by atoms with Gasteiger partial charge in [-0.25, -0.2) is 0 Å². The third kappa shape index (κ3) is 7.80. The largest absolute Gasteiger partial charge is 0.465 e. The highest BCUT2D eigenvalue weighted by molar-refractivity contribution is 5.71. The fourth-order valence-electron chi connectivity index (χ4n) is 0.812. The molecule has 0 N–H and O–H groups in total. The number of carbonyl (C=O) groups excluding carboxylic acids is 1. The minimum absolute atomic E-state index is 0.0352. The van der Waals surface area contributed by atoms with E-state index in [0.717, 1.165) is 12.8 Å². The van der Waals surface area contributed by atoms with Gasteiger partial charge in [0.2, 0.25) is 0 Å². The van der Waals surface area contributed by atoms with E-state index in [4.69, 9.17) is 9.47 Å². The molecule has 0 rings (SSSR count). The minimum Gasteiger partial charge on any atom is -0.465 e. The van der Waals surface area contributed by atoms with Gasteiger partial charge in [-0.05, 0) is 12.8 Å². The number of unbranched alkanes of at least 4 members (excludes halogenated alkanes) is 1. The summed E-state index contributed by atoms with van der Waals surface area (Å²) in [5.74, 6) is -0.163. The van der Waals surface area contributed by atoms with Gasteiger partial charge in [0.25, 0.3) is 0 Å². The van der Waals surface area contributed by atoms with Crippen LogP contribution in [-0.2, 0) is 14.3 Å². The van der Waals surface area contributed by atoms with E-state index in [1.165, 1.54) is 0 Å². The summed E-state index contributed by atoms with van der Waals surface area (Å²) in [6, 6.07) is 0. The average Bonchev–Trinajstić information content (AvgIpc) is 2.16. The highest BCUT2D eigenvalue weighted by Gasteiger charge is 2.06. The molecule has 0 heterocycles. The lowest BCUT2D eigenvalue weighted by Crippen LogP contribution is -2.12. The molecule has 0 saturated carbocycles. The molecule has 0 saturated heterocycles. The van der Waals surface area contributed by atoms with Gasteiger partial charge in [0.1, 0.15) is 0 Å². The maximum atomic E-state index is 11.0. The predicted octanol–water partition coefficient (Wildman–Crippen LogP) is 2.17. The lowest BCUT2D eigenvalue weighted by molar-refractivity contribution is -0.147. The fraction of sp³-hybridized carbons (Fsp3) is 0.727. The second kappa shape index (κ2) is 8.75. The maximum Gasteiger partial charge on any atom is 0.308 e. The molecule has 0 atom stereocenters. The third-order valence-electron chi connectivity index (χ3n) is 1.63. The fourth-order valence-corrected chi connectivity index (χ4v) is 0.812. The lowest BCUT2D eigenvalue weighted by Gasteiger charge is -2.06. The van der Waals surface area contributed by atoms with Crippen molar-refractivity contribution in [3.8, 4) is 0 Å². The molecule has 14 heavy (non-hydrogen) atoms. The van der Waals surface area contributed by atoms with E-state index in [1.807, 2.05) is 13.8 Å². The molecule has 82 valence electrons. The topological polar surface area (TPSA) is 35.5 Å². The molecule has 0 aliphatic carbocycles. The summed E-state index contributed by atoms with van der Waals surface area (Å²) in [4.78, 5) is 11.0. The van der Waals surface area contributed by atoms with Crippen molar-refractivity contribution in [2.45, 2.75) is 26.7 Å². The molecule has 0 aliphatic rings. The summed E-state index contributed by atoms with van der Waals surface area (Å²) in [7, 11) is 0.